The minimum absolute atomic E-state index is 0.253. The number of piperidine rings is 1. The largest absolute Gasteiger partial charge is 0.361 e. The molecule has 1 aliphatic rings. The van der Waals surface area contributed by atoms with Gasteiger partial charge in [-0.25, -0.2) is 4.39 Å². The van der Waals surface area contributed by atoms with Crippen molar-refractivity contribution in [1.29, 1.82) is 0 Å². The van der Waals surface area contributed by atoms with Gasteiger partial charge in [0.2, 0.25) is 0 Å². The maximum atomic E-state index is 13.9. The summed E-state index contributed by atoms with van der Waals surface area (Å²) in [6.07, 6.45) is 2.19. The lowest BCUT2D eigenvalue weighted by molar-refractivity contribution is 0.194. The first-order valence-electron chi connectivity index (χ1n) is 8.42. The summed E-state index contributed by atoms with van der Waals surface area (Å²) in [4.78, 5) is 2.37. The molecule has 7 heteroatoms. The molecule has 1 aromatic carbocycles. The third kappa shape index (κ3) is 3.62. The molecular weight excluding hydrogens is 339 g/mol. The van der Waals surface area contributed by atoms with Crippen molar-refractivity contribution in [1.82, 2.24) is 20.3 Å². The fraction of sp³-hybridized carbons (Fsp3) is 0.389. The van der Waals surface area contributed by atoms with Crippen molar-refractivity contribution in [3.63, 3.8) is 0 Å². The van der Waals surface area contributed by atoms with Gasteiger partial charge in [0, 0.05) is 30.6 Å². The van der Waals surface area contributed by atoms with E-state index >= 15 is 0 Å². The van der Waals surface area contributed by atoms with Crippen molar-refractivity contribution in [3.8, 4) is 10.6 Å². The van der Waals surface area contributed by atoms with Crippen LogP contribution in [0.2, 0.25) is 0 Å². The lowest BCUT2D eigenvalue weighted by Gasteiger charge is -2.30. The Kier molecular flexibility index (Phi) is 4.59. The first kappa shape index (κ1) is 16.4. The van der Waals surface area contributed by atoms with Gasteiger partial charge in [-0.3, -0.25) is 4.90 Å². The summed E-state index contributed by atoms with van der Waals surface area (Å²) < 4.78 is 19.1. The monoisotopic (exact) mass is 358 g/mol. The zero-order valence-corrected chi connectivity index (χ0v) is 14.8. The molecule has 0 saturated carbocycles. The van der Waals surface area contributed by atoms with E-state index in [1.807, 2.05) is 19.1 Å². The van der Waals surface area contributed by atoms with E-state index in [0.717, 1.165) is 48.9 Å². The zero-order chi connectivity index (χ0) is 17.2. The molecule has 0 N–H and O–H groups in total. The number of hydrogen-bond donors (Lipinski definition) is 0. The number of aromatic nitrogens is 3. The smallest absolute Gasteiger partial charge is 0.150 e. The van der Waals surface area contributed by atoms with E-state index in [1.165, 1.54) is 17.4 Å². The second kappa shape index (κ2) is 7.01. The lowest BCUT2D eigenvalue weighted by atomic mass is 9.99. The molecule has 25 heavy (non-hydrogen) atoms. The van der Waals surface area contributed by atoms with E-state index < -0.39 is 0 Å². The zero-order valence-electron chi connectivity index (χ0n) is 14.0. The van der Waals surface area contributed by atoms with Gasteiger partial charge in [-0.1, -0.05) is 28.6 Å². The number of hydrogen-bond acceptors (Lipinski definition) is 6. The van der Waals surface area contributed by atoms with E-state index in [0.29, 0.717) is 16.5 Å². The molecule has 0 radical (unpaired) electrons. The average Bonchev–Trinajstić information content (AvgIpc) is 3.25. The summed E-state index contributed by atoms with van der Waals surface area (Å²) in [5.41, 5.74) is 1.49. The van der Waals surface area contributed by atoms with Crippen LogP contribution in [-0.4, -0.2) is 33.3 Å². The molecular formula is C18H19FN4OS. The second-order valence-corrected chi connectivity index (χ2v) is 7.44. The van der Waals surface area contributed by atoms with E-state index in [4.69, 9.17) is 4.52 Å². The van der Waals surface area contributed by atoms with E-state index in [9.17, 15) is 4.39 Å². The van der Waals surface area contributed by atoms with Crippen molar-refractivity contribution < 1.29 is 8.91 Å². The summed E-state index contributed by atoms with van der Waals surface area (Å²) in [5.74, 6) is 0.916. The Balaban J connectivity index is 1.47. The molecule has 0 amide bonds. The van der Waals surface area contributed by atoms with Gasteiger partial charge >= 0.3 is 0 Å². The van der Waals surface area contributed by atoms with Gasteiger partial charge in [0.05, 0.1) is 5.69 Å². The molecule has 1 aliphatic heterocycles. The Bertz CT molecular complexity index is 862. The number of nitrogens with zero attached hydrogens (tertiary/aromatic N) is 4. The highest BCUT2D eigenvalue weighted by molar-refractivity contribution is 7.14. The Morgan fingerprint density at radius 1 is 1.32 bits per heavy atom. The predicted molar refractivity (Wildman–Crippen MR) is 93.8 cm³/mol. The van der Waals surface area contributed by atoms with E-state index in [-0.39, 0.29) is 5.82 Å². The van der Waals surface area contributed by atoms with Crippen LogP contribution in [0.15, 0.2) is 34.9 Å². The van der Waals surface area contributed by atoms with E-state index in [1.54, 1.807) is 12.1 Å². The molecule has 3 heterocycles. The Labute approximate surface area is 149 Å². The third-order valence-electron chi connectivity index (χ3n) is 4.46. The summed E-state index contributed by atoms with van der Waals surface area (Å²) in [7, 11) is 0. The number of halogens is 1. The highest BCUT2D eigenvalue weighted by Crippen LogP contribution is 2.33. The molecule has 5 nitrogen and oxygen atoms in total. The summed E-state index contributed by atoms with van der Waals surface area (Å²) in [6.45, 7) is 4.65. The normalized spacial score (nSPS) is 18.6. The standard InChI is InChI=1S/C18H19FN4OS/c1-12-9-14(22-24-12)11-23-8-4-5-13(10-23)17-20-21-18(25-17)15-6-2-3-7-16(15)19/h2-3,6-7,9,13H,4-5,8,10-11H2,1H3. The predicted octanol–water partition coefficient (Wildman–Crippen LogP) is 4.02. The molecule has 2 aromatic heterocycles. The molecule has 3 aromatic rings. The van der Waals surface area contributed by atoms with Crippen molar-refractivity contribution in [2.24, 2.45) is 0 Å². The van der Waals surface area contributed by atoms with Crippen LogP contribution >= 0.6 is 11.3 Å². The molecule has 1 fully saturated rings. The molecule has 4 rings (SSSR count). The highest BCUT2D eigenvalue weighted by Gasteiger charge is 2.25. The fourth-order valence-electron chi connectivity index (χ4n) is 3.27. The number of aryl methyl sites for hydroxylation is 1. The Morgan fingerprint density at radius 2 is 2.20 bits per heavy atom. The highest BCUT2D eigenvalue weighted by atomic mass is 32.1. The minimum Gasteiger partial charge on any atom is -0.361 e. The van der Waals surface area contributed by atoms with Crippen LogP contribution in [0.3, 0.4) is 0 Å². The van der Waals surface area contributed by atoms with Crippen molar-refractivity contribution in [2.45, 2.75) is 32.2 Å². The number of likely N-dealkylation sites (tertiary alicyclic amines) is 1. The number of rotatable bonds is 4. The van der Waals surface area contributed by atoms with E-state index in [2.05, 4.69) is 20.3 Å². The van der Waals surface area contributed by atoms with Crippen LogP contribution in [0.25, 0.3) is 10.6 Å². The van der Waals surface area contributed by atoms with Crippen molar-refractivity contribution >= 4 is 11.3 Å². The van der Waals surface area contributed by atoms with Gasteiger partial charge in [-0.15, -0.1) is 10.2 Å². The summed E-state index contributed by atoms with van der Waals surface area (Å²) in [6, 6.07) is 8.69. The average molecular weight is 358 g/mol. The lowest BCUT2D eigenvalue weighted by Crippen LogP contribution is -2.33. The van der Waals surface area contributed by atoms with Crippen LogP contribution in [0.1, 0.15) is 35.2 Å². The quantitative estimate of drug-likeness (QED) is 0.705. The first-order chi connectivity index (χ1) is 12.2. The molecule has 130 valence electrons. The van der Waals surface area contributed by atoms with Gasteiger partial charge < -0.3 is 4.52 Å². The second-order valence-electron chi connectivity index (χ2n) is 6.43. The van der Waals surface area contributed by atoms with Crippen LogP contribution in [0.4, 0.5) is 4.39 Å². The Morgan fingerprint density at radius 3 is 3.00 bits per heavy atom. The van der Waals surface area contributed by atoms with Gasteiger partial charge in [0.25, 0.3) is 0 Å². The molecule has 0 aliphatic carbocycles. The Hall–Kier alpha value is -2.12. The van der Waals surface area contributed by atoms with Gasteiger partial charge in [-0.2, -0.15) is 0 Å². The van der Waals surface area contributed by atoms with Crippen LogP contribution in [0, 0.1) is 12.7 Å². The molecule has 1 atom stereocenters. The summed E-state index contributed by atoms with van der Waals surface area (Å²) in [5, 5.41) is 14.3. The fourth-order valence-corrected chi connectivity index (χ4v) is 4.26. The number of benzene rings is 1. The van der Waals surface area contributed by atoms with Gasteiger partial charge in [-0.05, 0) is 38.4 Å². The first-order valence-corrected chi connectivity index (χ1v) is 9.23. The molecule has 0 bridgehead atoms. The summed E-state index contributed by atoms with van der Waals surface area (Å²) >= 11 is 1.50. The molecule has 0 spiro atoms. The molecule has 1 saturated heterocycles. The van der Waals surface area contributed by atoms with Crippen LogP contribution in [0.5, 0.6) is 0 Å². The SMILES string of the molecule is Cc1cc(CN2CCCC(c3nnc(-c4ccccc4F)s3)C2)no1. The topological polar surface area (TPSA) is 55.1 Å². The molecule has 1 unspecified atom stereocenters. The van der Waals surface area contributed by atoms with Crippen LogP contribution < -0.4 is 0 Å². The van der Waals surface area contributed by atoms with Crippen molar-refractivity contribution in [3.05, 3.63) is 52.6 Å². The van der Waals surface area contributed by atoms with Crippen molar-refractivity contribution in [2.75, 3.05) is 13.1 Å². The maximum Gasteiger partial charge on any atom is 0.150 e. The minimum atomic E-state index is -0.253. The van der Waals surface area contributed by atoms with Gasteiger partial charge in [0.15, 0.2) is 5.01 Å². The third-order valence-corrected chi connectivity index (χ3v) is 5.58. The van der Waals surface area contributed by atoms with Gasteiger partial charge in [0.1, 0.15) is 16.6 Å². The maximum absolute atomic E-state index is 13.9. The van der Waals surface area contributed by atoms with Crippen LogP contribution in [-0.2, 0) is 6.54 Å².